The Labute approximate surface area is 130 Å². The second kappa shape index (κ2) is 7.19. The molecule has 0 aliphatic rings. The molecule has 21 heavy (non-hydrogen) atoms. The molecule has 110 valence electrons. The van der Waals surface area contributed by atoms with Crippen LogP contribution in [0.1, 0.15) is 5.56 Å². The zero-order valence-corrected chi connectivity index (χ0v) is 12.7. The number of rotatable bonds is 5. The van der Waals surface area contributed by atoms with Gasteiger partial charge in [0.05, 0.1) is 12.3 Å². The van der Waals surface area contributed by atoms with E-state index < -0.39 is 5.82 Å². The summed E-state index contributed by atoms with van der Waals surface area (Å²) in [6.45, 7) is 0.238. The van der Waals surface area contributed by atoms with Crippen LogP contribution in [0.5, 0.6) is 0 Å². The van der Waals surface area contributed by atoms with E-state index in [4.69, 9.17) is 10.5 Å². The molecule has 2 aromatic rings. The van der Waals surface area contributed by atoms with Crippen molar-refractivity contribution >= 4 is 33.2 Å². The number of nitrogens with two attached hydrogens (primary N) is 1. The van der Waals surface area contributed by atoms with E-state index in [0.717, 1.165) is 10.0 Å². The first-order valence-corrected chi connectivity index (χ1v) is 7.01. The standard InChI is InChI=1S/C15H14BrFN2O2/c16-11-3-1-2-10(6-11)8-21-9-15(20)19-12-4-5-13(17)14(18)7-12/h1-7H,8-9,18H2,(H,19,20). The molecule has 0 saturated heterocycles. The Hall–Kier alpha value is -1.92. The minimum absolute atomic E-state index is 0.0112. The predicted octanol–water partition coefficient (Wildman–Crippen LogP) is 3.33. The van der Waals surface area contributed by atoms with Crippen LogP contribution in [0.15, 0.2) is 46.9 Å². The van der Waals surface area contributed by atoms with Gasteiger partial charge in [0.1, 0.15) is 12.4 Å². The van der Waals surface area contributed by atoms with E-state index >= 15 is 0 Å². The fraction of sp³-hybridized carbons (Fsp3) is 0.133. The quantitative estimate of drug-likeness (QED) is 0.811. The zero-order chi connectivity index (χ0) is 15.2. The van der Waals surface area contributed by atoms with Gasteiger partial charge in [0.25, 0.3) is 0 Å². The summed E-state index contributed by atoms with van der Waals surface area (Å²) in [4.78, 5) is 11.7. The van der Waals surface area contributed by atoms with Crippen molar-refractivity contribution in [1.29, 1.82) is 0 Å². The SMILES string of the molecule is Nc1cc(NC(=O)COCc2cccc(Br)c2)ccc1F. The van der Waals surface area contributed by atoms with E-state index in [0.29, 0.717) is 12.3 Å². The molecule has 0 spiro atoms. The largest absolute Gasteiger partial charge is 0.396 e. The van der Waals surface area contributed by atoms with E-state index in [-0.39, 0.29) is 18.2 Å². The Morgan fingerprint density at radius 1 is 1.29 bits per heavy atom. The molecule has 0 aromatic heterocycles. The number of carbonyl (C=O) groups is 1. The number of benzene rings is 2. The third-order valence-corrected chi connectivity index (χ3v) is 3.16. The van der Waals surface area contributed by atoms with Crippen LogP contribution in [0.4, 0.5) is 15.8 Å². The summed E-state index contributed by atoms with van der Waals surface area (Å²) in [5, 5.41) is 2.59. The van der Waals surface area contributed by atoms with Crippen molar-refractivity contribution in [3.05, 3.63) is 58.3 Å². The summed E-state index contributed by atoms with van der Waals surface area (Å²) >= 11 is 3.36. The maximum atomic E-state index is 13.0. The highest BCUT2D eigenvalue weighted by Gasteiger charge is 2.05. The summed E-state index contributed by atoms with van der Waals surface area (Å²) in [7, 11) is 0. The van der Waals surface area contributed by atoms with Gasteiger partial charge >= 0.3 is 0 Å². The molecule has 2 aromatic carbocycles. The Morgan fingerprint density at radius 3 is 2.81 bits per heavy atom. The average Bonchev–Trinajstić information content (AvgIpc) is 2.43. The van der Waals surface area contributed by atoms with Crippen molar-refractivity contribution < 1.29 is 13.9 Å². The molecule has 0 aliphatic carbocycles. The normalized spacial score (nSPS) is 10.4. The highest BCUT2D eigenvalue weighted by atomic mass is 79.9. The smallest absolute Gasteiger partial charge is 0.250 e. The fourth-order valence-corrected chi connectivity index (χ4v) is 2.15. The van der Waals surface area contributed by atoms with Crippen molar-refractivity contribution in [2.45, 2.75) is 6.61 Å². The summed E-state index contributed by atoms with van der Waals surface area (Å²) in [6, 6.07) is 11.6. The average molecular weight is 353 g/mol. The lowest BCUT2D eigenvalue weighted by Crippen LogP contribution is -2.18. The summed E-state index contributed by atoms with van der Waals surface area (Å²) in [6.07, 6.45) is 0. The van der Waals surface area contributed by atoms with E-state index in [1.54, 1.807) is 0 Å². The maximum absolute atomic E-state index is 13.0. The molecule has 0 bridgehead atoms. The number of hydrogen-bond acceptors (Lipinski definition) is 3. The lowest BCUT2D eigenvalue weighted by molar-refractivity contribution is -0.121. The molecule has 4 nitrogen and oxygen atoms in total. The second-order valence-electron chi connectivity index (χ2n) is 4.41. The molecule has 6 heteroatoms. The molecule has 0 heterocycles. The molecule has 0 atom stereocenters. The van der Waals surface area contributed by atoms with E-state index in [9.17, 15) is 9.18 Å². The number of nitrogen functional groups attached to an aromatic ring is 1. The van der Waals surface area contributed by atoms with Crippen molar-refractivity contribution in [1.82, 2.24) is 0 Å². The first kappa shape index (κ1) is 15.5. The summed E-state index contributed by atoms with van der Waals surface area (Å²) in [5.74, 6) is -0.838. The van der Waals surface area contributed by atoms with E-state index in [2.05, 4.69) is 21.2 Å². The molecule has 0 saturated carbocycles. The monoisotopic (exact) mass is 352 g/mol. The van der Waals surface area contributed by atoms with Crippen LogP contribution < -0.4 is 11.1 Å². The molecule has 0 unspecified atom stereocenters. The van der Waals surface area contributed by atoms with Gasteiger partial charge in [-0.15, -0.1) is 0 Å². The lowest BCUT2D eigenvalue weighted by Gasteiger charge is -2.07. The lowest BCUT2D eigenvalue weighted by atomic mass is 10.2. The van der Waals surface area contributed by atoms with Gasteiger partial charge in [-0.1, -0.05) is 28.1 Å². The molecular formula is C15H14BrFN2O2. The van der Waals surface area contributed by atoms with Gasteiger partial charge in [0, 0.05) is 10.2 Å². The van der Waals surface area contributed by atoms with Crippen molar-refractivity contribution in [2.75, 3.05) is 17.7 Å². The number of hydrogen-bond donors (Lipinski definition) is 2. The summed E-state index contributed by atoms with van der Waals surface area (Å²) in [5.41, 5.74) is 6.81. The van der Waals surface area contributed by atoms with Gasteiger partial charge in [-0.3, -0.25) is 4.79 Å². The summed E-state index contributed by atoms with van der Waals surface area (Å²) < 4.78 is 19.3. The molecule has 1 amide bonds. The molecular weight excluding hydrogens is 339 g/mol. The number of halogens is 2. The van der Waals surface area contributed by atoms with Gasteiger partial charge < -0.3 is 15.8 Å². The topological polar surface area (TPSA) is 64.3 Å². The van der Waals surface area contributed by atoms with Crippen molar-refractivity contribution in [3.63, 3.8) is 0 Å². The van der Waals surface area contributed by atoms with Gasteiger partial charge in [-0.25, -0.2) is 4.39 Å². The highest BCUT2D eigenvalue weighted by molar-refractivity contribution is 9.10. The third-order valence-electron chi connectivity index (χ3n) is 2.67. The van der Waals surface area contributed by atoms with Crippen molar-refractivity contribution in [2.24, 2.45) is 0 Å². The van der Waals surface area contributed by atoms with Crippen LogP contribution in [0.25, 0.3) is 0 Å². The fourth-order valence-electron chi connectivity index (χ4n) is 1.71. The van der Waals surface area contributed by atoms with Gasteiger partial charge in [0.15, 0.2) is 0 Å². The van der Waals surface area contributed by atoms with Crippen LogP contribution in [-0.2, 0) is 16.1 Å². The van der Waals surface area contributed by atoms with Crippen LogP contribution in [0.2, 0.25) is 0 Å². The Kier molecular flexibility index (Phi) is 5.30. The minimum Gasteiger partial charge on any atom is -0.396 e. The van der Waals surface area contributed by atoms with Crippen LogP contribution in [-0.4, -0.2) is 12.5 Å². The van der Waals surface area contributed by atoms with Crippen LogP contribution >= 0.6 is 15.9 Å². The van der Waals surface area contributed by atoms with Crippen molar-refractivity contribution in [3.8, 4) is 0 Å². The number of anilines is 2. The van der Waals surface area contributed by atoms with Gasteiger partial charge in [0.2, 0.25) is 5.91 Å². The Morgan fingerprint density at radius 2 is 2.10 bits per heavy atom. The third kappa shape index (κ3) is 4.84. The number of amides is 1. The highest BCUT2D eigenvalue weighted by Crippen LogP contribution is 2.16. The molecule has 0 radical (unpaired) electrons. The predicted molar refractivity (Wildman–Crippen MR) is 83.2 cm³/mol. The maximum Gasteiger partial charge on any atom is 0.250 e. The first-order chi connectivity index (χ1) is 10.0. The number of carbonyl (C=O) groups excluding carboxylic acids is 1. The molecule has 0 fully saturated rings. The van der Waals surface area contributed by atoms with Crippen LogP contribution in [0, 0.1) is 5.82 Å². The van der Waals surface area contributed by atoms with Gasteiger partial charge in [-0.2, -0.15) is 0 Å². The molecule has 2 rings (SSSR count). The van der Waals surface area contributed by atoms with Crippen LogP contribution in [0.3, 0.4) is 0 Å². The number of nitrogens with one attached hydrogen (secondary N) is 1. The second-order valence-corrected chi connectivity index (χ2v) is 5.32. The Bertz CT molecular complexity index is 649. The van der Waals surface area contributed by atoms with E-state index in [1.807, 2.05) is 24.3 Å². The first-order valence-electron chi connectivity index (χ1n) is 6.21. The Balaban J connectivity index is 1.81. The van der Waals surface area contributed by atoms with E-state index in [1.165, 1.54) is 18.2 Å². The molecule has 3 N–H and O–H groups in total. The minimum atomic E-state index is -0.515. The van der Waals surface area contributed by atoms with Gasteiger partial charge in [-0.05, 0) is 35.9 Å². The number of ether oxygens (including phenoxy) is 1. The zero-order valence-electron chi connectivity index (χ0n) is 11.1. The molecule has 0 aliphatic heterocycles.